The molecule has 27 heavy (non-hydrogen) atoms. The summed E-state index contributed by atoms with van der Waals surface area (Å²) in [5.41, 5.74) is 7.98. The summed E-state index contributed by atoms with van der Waals surface area (Å²) < 4.78 is 0.0403. The van der Waals surface area contributed by atoms with E-state index in [0.29, 0.717) is 0 Å². The summed E-state index contributed by atoms with van der Waals surface area (Å²) in [6.45, 7) is 11.9. The van der Waals surface area contributed by atoms with Gasteiger partial charge in [-0.25, -0.2) is 0 Å². The highest BCUT2D eigenvalue weighted by Gasteiger charge is 2.41. The highest BCUT2D eigenvalue weighted by Crippen LogP contribution is 2.56. The van der Waals surface area contributed by atoms with E-state index in [2.05, 4.69) is 101 Å². The molecule has 0 bridgehead atoms. The molecule has 1 fully saturated rings. The zero-order valence-electron chi connectivity index (χ0n) is 17.4. The predicted octanol–water partition coefficient (Wildman–Crippen LogP) is 7.42. The van der Waals surface area contributed by atoms with E-state index >= 15 is 0 Å². The molecule has 0 radical (unpaired) electrons. The summed E-state index contributed by atoms with van der Waals surface area (Å²) in [5, 5.41) is 0. The molecule has 0 amide bonds. The van der Waals surface area contributed by atoms with Gasteiger partial charge in [0.2, 0.25) is 0 Å². The van der Waals surface area contributed by atoms with Gasteiger partial charge in [-0.1, -0.05) is 75.7 Å². The SMILES string of the molecule is Cc1ccc(C2(c3ccc4c(c3)C(C)(C)CCC4(C)C)SCCCS2)cc1. The molecule has 144 valence electrons. The van der Waals surface area contributed by atoms with Crippen LogP contribution in [0.3, 0.4) is 0 Å². The van der Waals surface area contributed by atoms with Crippen LogP contribution in [-0.2, 0) is 14.9 Å². The Hall–Kier alpha value is -0.860. The minimum absolute atomic E-state index is 0.0403. The number of hydrogen-bond donors (Lipinski definition) is 0. The van der Waals surface area contributed by atoms with Crippen molar-refractivity contribution in [2.45, 2.75) is 68.8 Å². The van der Waals surface area contributed by atoms with Crippen molar-refractivity contribution in [2.24, 2.45) is 0 Å². The number of thioether (sulfide) groups is 2. The first-order valence-electron chi connectivity index (χ1n) is 10.3. The zero-order valence-corrected chi connectivity index (χ0v) is 19.0. The molecule has 1 aliphatic carbocycles. The van der Waals surface area contributed by atoms with Crippen molar-refractivity contribution in [3.05, 3.63) is 70.3 Å². The van der Waals surface area contributed by atoms with E-state index in [-0.39, 0.29) is 14.9 Å². The quantitative estimate of drug-likeness (QED) is 0.518. The maximum absolute atomic E-state index is 2.57. The molecule has 1 saturated heterocycles. The van der Waals surface area contributed by atoms with Gasteiger partial charge in [-0.05, 0) is 70.8 Å². The number of aryl methyl sites for hydroxylation is 1. The number of benzene rings is 2. The average molecular weight is 397 g/mol. The summed E-state index contributed by atoms with van der Waals surface area (Å²) in [7, 11) is 0. The largest absolute Gasteiger partial charge is 0.135 e. The second kappa shape index (κ2) is 6.88. The molecule has 0 N–H and O–H groups in total. The molecule has 0 aromatic heterocycles. The molecule has 0 unspecified atom stereocenters. The van der Waals surface area contributed by atoms with Gasteiger partial charge in [-0.3, -0.25) is 0 Å². The molecule has 2 aliphatic rings. The van der Waals surface area contributed by atoms with Crippen LogP contribution in [0.4, 0.5) is 0 Å². The third-order valence-electron chi connectivity index (χ3n) is 6.56. The van der Waals surface area contributed by atoms with Gasteiger partial charge < -0.3 is 0 Å². The van der Waals surface area contributed by atoms with Gasteiger partial charge in [-0.2, -0.15) is 0 Å². The van der Waals surface area contributed by atoms with E-state index in [1.165, 1.54) is 47.5 Å². The molecular formula is C25H32S2. The number of fused-ring (bicyclic) bond motifs is 1. The fourth-order valence-electron chi connectivity index (χ4n) is 4.60. The molecule has 4 rings (SSSR count). The van der Waals surface area contributed by atoms with Crippen molar-refractivity contribution in [3.63, 3.8) is 0 Å². The van der Waals surface area contributed by atoms with Crippen molar-refractivity contribution in [1.29, 1.82) is 0 Å². The van der Waals surface area contributed by atoms with E-state index in [9.17, 15) is 0 Å². The van der Waals surface area contributed by atoms with Gasteiger partial charge in [0.15, 0.2) is 0 Å². The van der Waals surface area contributed by atoms with Crippen LogP contribution in [0.25, 0.3) is 0 Å². The lowest BCUT2D eigenvalue weighted by molar-refractivity contribution is 0.331. The van der Waals surface area contributed by atoms with Gasteiger partial charge in [0.25, 0.3) is 0 Å². The van der Waals surface area contributed by atoms with Gasteiger partial charge in [0.1, 0.15) is 4.08 Å². The predicted molar refractivity (Wildman–Crippen MR) is 123 cm³/mol. The zero-order chi connectivity index (χ0) is 19.3. The summed E-state index contributed by atoms with van der Waals surface area (Å²) >= 11 is 4.27. The summed E-state index contributed by atoms with van der Waals surface area (Å²) in [6.07, 6.45) is 3.86. The van der Waals surface area contributed by atoms with Crippen molar-refractivity contribution < 1.29 is 0 Å². The first-order valence-corrected chi connectivity index (χ1v) is 12.2. The second-order valence-electron chi connectivity index (χ2n) is 9.56. The van der Waals surface area contributed by atoms with Crippen LogP contribution in [0.2, 0.25) is 0 Å². The summed E-state index contributed by atoms with van der Waals surface area (Å²) in [5.74, 6) is 2.49. The maximum Gasteiger partial charge on any atom is 0.111 e. The normalized spacial score (nSPS) is 22.9. The smallest absolute Gasteiger partial charge is 0.111 e. The molecule has 2 aromatic carbocycles. The van der Waals surface area contributed by atoms with E-state index in [1.54, 1.807) is 11.1 Å². The van der Waals surface area contributed by atoms with Crippen LogP contribution in [0, 0.1) is 6.92 Å². The van der Waals surface area contributed by atoms with E-state index in [1.807, 2.05) is 0 Å². The van der Waals surface area contributed by atoms with Crippen LogP contribution in [-0.4, -0.2) is 11.5 Å². The van der Waals surface area contributed by atoms with Crippen molar-refractivity contribution in [1.82, 2.24) is 0 Å². The van der Waals surface area contributed by atoms with E-state index < -0.39 is 0 Å². The van der Waals surface area contributed by atoms with Gasteiger partial charge in [0.05, 0.1) is 0 Å². The van der Waals surface area contributed by atoms with Gasteiger partial charge in [0, 0.05) is 0 Å². The monoisotopic (exact) mass is 396 g/mol. The first-order chi connectivity index (χ1) is 12.7. The lowest BCUT2D eigenvalue weighted by Gasteiger charge is -2.44. The maximum atomic E-state index is 2.57. The Morgan fingerprint density at radius 2 is 1.26 bits per heavy atom. The Kier molecular flexibility index (Phi) is 4.96. The Labute approximate surface area is 173 Å². The first kappa shape index (κ1) is 19.5. The van der Waals surface area contributed by atoms with Crippen LogP contribution < -0.4 is 0 Å². The Balaban J connectivity index is 1.88. The Bertz CT molecular complexity index is 824. The highest BCUT2D eigenvalue weighted by molar-refractivity contribution is 8.18. The Morgan fingerprint density at radius 3 is 1.89 bits per heavy atom. The van der Waals surface area contributed by atoms with Crippen LogP contribution in [0.15, 0.2) is 42.5 Å². The number of rotatable bonds is 2. The molecule has 2 heteroatoms. The third-order valence-corrected chi connectivity index (χ3v) is 10.0. The average Bonchev–Trinajstić information content (AvgIpc) is 2.66. The highest BCUT2D eigenvalue weighted by atomic mass is 32.2. The summed E-state index contributed by atoms with van der Waals surface area (Å²) in [4.78, 5) is 0. The minimum Gasteiger partial charge on any atom is -0.135 e. The van der Waals surface area contributed by atoms with Crippen molar-refractivity contribution >= 4 is 23.5 Å². The standard InChI is InChI=1S/C25H32S2/c1-18-7-9-19(10-8-18)25(26-15-6-16-27-25)20-11-12-21-22(17-20)24(4,5)14-13-23(21,2)3/h7-12,17H,6,13-16H2,1-5H3. The lowest BCUT2D eigenvalue weighted by atomic mass is 9.63. The molecule has 2 aromatic rings. The minimum atomic E-state index is 0.0403. The van der Waals surface area contributed by atoms with E-state index in [0.717, 1.165) is 0 Å². The number of hydrogen-bond acceptors (Lipinski definition) is 2. The molecule has 0 spiro atoms. The molecule has 1 aliphatic heterocycles. The molecule has 0 saturated carbocycles. The topological polar surface area (TPSA) is 0 Å². The van der Waals surface area contributed by atoms with Crippen molar-refractivity contribution in [2.75, 3.05) is 11.5 Å². The third kappa shape index (κ3) is 3.38. The van der Waals surface area contributed by atoms with Gasteiger partial charge in [-0.15, -0.1) is 23.5 Å². The second-order valence-corrected chi connectivity index (χ2v) is 12.4. The molecule has 1 heterocycles. The van der Waals surface area contributed by atoms with Gasteiger partial charge >= 0.3 is 0 Å². The summed E-state index contributed by atoms with van der Waals surface area (Å²) in [6, 6.07) is 16.7. The van der Waals surface area contributed by atoms with Crippen molar-refractivity contribution in [3.8, 4) is 0 Å². The fourth-order valence-corrected chi connectivity index (χ4v) is 7.96. The lowest BCUT2D eigenvalue weighted by Crippen LogP contribution is -2.34. The van der Waals surface area contributed by atoms with Crippen LogP contribution >= 0.6 is 23.5 Å². The fraction of sp³-hybridized carbons (Fsp3) is 0.520. The molecule has 0 nitrogen and oxygen atoms in total. The Morgan fingerprint density at radius 1 is 0.704 bits per heavy atom. The van der Waals surface area contributed by atoms with Crippen LogP contribution in [0.5, 0.6) is 0 Å². The molecular weight excluding hydrogens is 364 g/mol. The van der Waals surface area contributed by atoms with Crippen LogP contribution in [0.1, 0.15) is 74.8 Å². The van der Waals surface area contributed by atoms with E-state index in [4.69, 9.17) is 0 Å². The molecule has 0 atom stereocenters.